The average molecular weight is 509 g/mol. The highest BCUT2D eigenvalue weighted by Crippen LogP contribution is 2.38. The van der Waals surface area contributed by atoms with Gasteiger partial charge in [0.25, 0.3) is 5.91 Å². The predicted molar refractivity (Wildman–Crippen MR) is 125 cm³/mol. The standard InChI is InChI=1S/C24H24ClF3N4O3/c1-35-13-19(22-29-17-8-7-15(25)12-18(17)30-22)31-23(34)14-6-9-20(16(11-14)24(26,27)28)32-10-4-2-3-5-21(32)33/h6-9,11-12,19H,2-5,10,13H2,1H3,(H,29,30)(H,31,34)/t19-/m0/s1. The number of anilines is 1. The number of nitrogens with one attached hydrogen (secondary N) is 2. The Morgan fingerprint density at radius 1 is 1.23 bits per heavy atom. The molecule has 2 heterocycles. The van der Waals surface area contributed by atoms with Crippen LogP contribution in [0.3, 0.4) is 0 Å². The first-order chi connectivity index (χ1) is 16.7. The highest BCUT2D eigenvalue weighted by molar-refractivity contribution is 6.31. The van der Waals surface area contributed by atoms with E-state index in [0.717, 1.165) is 12.5 Å². The molecular formula is C24H24ClF3N4O3. The number of imidazole rings is 1. The maximum atomic E-state index is 14.0. The van der Waals surface area contributed by atoms with Gasteiger partial charge in [0, 0.05) is 30.7 Å². The third kappa shape index (κ3) is 5.59. The van der Waals surface area contributed by atoms with E-state index in [1.807, 2.05) is 0 Å². The van der Waals surface area contributed by atoms with Crippen molar-refractivity contribution >= 4 is 40.1 Å². The first-order valence-corrected chi connectivity index (χ1v) is 11.5. The van der Waals surface area contributed by atoms with Gasteiger partial charge in [-0.15, -0.1) is 0 Å². The number of carbonyl (C=O) groups is 2. The van der Waals surface area contributed by atoms with E-state index in [0.29, 0.717) is 34.7 Å². The summed E-state index contributed by atoms with van der Waals surface area (Å²) in [6.45, 7) is 0.241. The molecule has 0 aliphatic carbocycles. The van der Waals surface area contributed by atoms with Crippen molar-refractivity contribution < 1.29 is 27.5 Å². The average Bonchev–Trinajstić information content (AvgIpc) is 3.11. The number of ether oxygens (including phenoxy) is 1. The van der Waals surface area contributed by atoms with Crippen LogP contribution in [0.5, 0.6) is 0 Å². The quantitative estimate of drug-likeness (QED) is 0.475. The molecule has 0 spiro atoms. The Balaban J connectivity index is 1.63. The van der Waals surface area contributed by atoms with Crippen molar-refractivity contribution in [1.82, 2.24) is 15.3 Å². The van der Waals surface area contributed by atoms with Crippen LogP contribution >= 0.6 is 11.6 Å². The normalized spacial score (nSPS) is 15.8. The fourth-order valence-electron chi connectivity index (χ4n) is 4.14. The Hall–Kier alpha value is -3.11. The highest BCUT2D eigenvalue weighted by Gasteiger charge is 2.37. The summed E-state index contributed by atoms with van der Waals surface area (Å²) < 4.78 is 47.1. The van der Waals surface area contributed by atoms with Crippen molar-refractivity contribution in [2.45, 2.75) is 37.9 Å². The summed E-state index contributed by atoms with van der Waals surface area (Å²) >= 11 is 6.01. The number of nitrogens with zero attached hydrogens (tertiary/aromatic N) is 2. The summed E-state index contributed by atoms with van der Waals surface area (Å²) in [7, 11) is 1.44. The lowest BCUT2D eigenvalue weighted by Crippen LogP contribution is -2.34. The minimum atomic E-state index is -4.75. The van der Waals surface area contributed by atoms with Gasteiger partial charge in [0.2, 0.25) is 5.91 Å². The monoisotopic (exact) mass is 508 g/mol. The number of alkyl halides is 3. The lowest BCUT2D eigenvalue weighted by atomic mass is 10.1. The van der Waals surface area contributed by atoms with Gasteiger partial charge >= 0.3 is 6.18 Å². The number of hydrogen-bond donors (Lipinski definition) is 2. The van der Waals surface area contributed by atoms with E-state index < -0.39 is 23.7 Å². The zero-order valence-electron chi connectivity index (χ0n) is 18.9. The van der Waals surface area contributed by atoms with Crippen LogP contribution in [-0.4, -0.2) is 42.0 Å². The fourth-order valence-corrected chi connectivity index (χ4v) is 4.31. The highest BCUT2D eigenvalue weighted by atomic mass is 35.5. The van der Waals surface area contributed by atoms with Crippen LogP contribution in [0.25, 0.3) is 11.0 Å². The summed E-state index contributed by atoms with van der Waals surface area (Å²) in [6, 6.07) is 7.58. The van der Waals surface area contributed by atoms with Crippen LogP contribution < -0.4 is 10.2 Å². The summed E-state index contributed by atoms with van der Waals surface area (Å²) in [5, 5.41) is 3.19. The topological polar surface area (TPSA) is 87.3 Å². The number of methoxy groups -OCH3 is 1. The maximum Gasteiger partial charge on any atom is 0.418 e. The van der Waals surface area contributed by atoms with Gasteiger partial charge in [-0.05, 0) is 49.2 Å². The third-order valence-electron chi connectivity index (χ3n) is 5.86. The van der Waals surface area contributed by atoms with Gasteiger partial charge in [-0.3, -0.25) is 9.59 Å². The van der Waals surface area contributed by atoms with Crippen LogP contribution in [0.2, 0.25) is 5.02 Å². The maximum absolute atomic E-state index is 14.0. The molecule has 0 radical (unpaired) electrons. The first kappa shape index (κ1) is 25.0. The molecule has 2 N–H and O–H groups in total. The van der Waals surface area contributed by atoms with Crippen LogP contribution in [0, 0.1) is 0 Å². The number of fused-ring (bicyclic) bond motifs is 1. The molecule has 1 saturated heterocycles. The summed E-state index contributed by atoms with van der Waals surface area (Å²) in [4.78, 5) is 34.1. The number of hydrogen-bond acceptors (Lipinski definition) is 4. The third-order valence-corrected chi connectivity index (χ3v) is 6.09. The van der Waals surface area contributed by atoms with Gasteiger partial charge in [0.05, 0.1) is 28.9 Å². The Kier molecular flexibility index (Phi) is 7.32. The predicted octanol–water partition coefficient (Wildman–Crippen LogP) is 5.26. The number of H-pyrrole nitrogens is 1. The lowest BCUT2D eigenvalue weighted by molar-refractivity contribution is -0.137. The molecule has 4 rings (SSSR count). The van der Waals surface area contributed by atoms with Crippen LogP contribution in [0.4, 0.5) is 18.9 Å². The minimum Gasteiger partial charge on any atom is -0.382 e. The van der Waals surface area contributed by atoms with Gasteiger partial charge in [0.15, 0.2) is 0 Å². The zero-order valence-corrected chi connectivity index (χ0v) is 19.7. The molecule has 11 heteroatoms. The van der Waals surface area contributed by atoms with E-state index in [-0.39, 0.29) is 36.7 Å². The van der Waals surface area contributed by atoms with Gasteiger partial charge in [-0.1, -0.05) is 18.0 Å². The van der Waals surface area contributed by atoms with E-state index in [1.165, 1.54) is 24.1 Å². The van der Waals surface area contributed by atoms with E-state index in [4.69, 9.17) is 16.3 Å². The van der Waals surface area contributed by atoms with Crippen molar-refractivity contribution in [3.63, 3.8) is 0 Å². The molecule has 3 aromatic rings. The molecule has 2 amide bonds. The molecule has 1 aliphatic heterocycles. The SMILES string of the molecule is COC[C@H](NC(=O)c1ccc(N2CCCCCC2=O)c(C(F)(F)F)c1)c1nc2ccc(Cl)cc2[nH]1. The molecule has 186 valence electrons. The molecule has 7 nitrogen and oxygen atoms in total. The number of amides is 2. The first-order valence-electron chi connectivity index (χ1n) is 11.1. The number of rotatable bonds is 6. The fraction of sp³-hybridized carbons (Fsp3) is 0.375. The number of carbonyl (C=O) groups excluding carboxylic acids is 2. The largest absolute Gasteiger partial charge is 0.418 e. The second-order valence-corrected chi connectivity index (χ2v) is 8.79. The van der Waals surface area contributed by atoms with E-state index in [9.17, 15) is 22.8 Å². The molecular weight excluding hydrogens is 485 g/mol. The molecule has 1 aromatic heterocycles. The summed E-state index contributed by atoms with van der Waals surface area (Å²) in [5.41, 5.74) is -0.187. The van der Waals surface area contributed by atoms with Crippen LogP contribution in [0.15, 0.2) is 36.4 Å². The molecule has 1 atom stereocenters. The summed E-state index contributed by atoms with van der Waals surface area (Å²) in [6.07, 6.45) is -2.51. The van der Waals surface area contributed by atoms with Crippen molar-refractivity contribution in [3.8, 4) is 0 Å². The molecule has 1 fully saturated rings. The minimum absolute atomic E-state index is 0.0335. The molecule has 2 aromatic carbocycles. The van der Waals surface area contributed by atoms with Gasteiger partial charge in [0.1, 0.15) is 11.9 Å². The van der Waals surface area contributed by atoms with E-state index >= 15 is 0 Å². The van der Waals surface area contributed by atoms with Gasteiger partial charge in [-0.25, -0.2) is 4.98 Å². The van der Waals surface area contributed by atoms with Gasteiger partial charge in [-0.2, -0.15) is 13.2 Å². The molecule has 0 saturated carbocycles. The van der Waals surface area contributed by atoms with Crippen molar-refractivity contribution in [3.05, 3.63) is 58.4 Å². The van der Waals surface area contributed by atoms with Crippen molar-refractivity contribution in [2.75, 3.05) is 25.2 Å². The molecule has 0 bridgehead atoms. The smallest absolute Gasteiger partial charge is 0.382 e. The summed E-state index contributed by atoms with van der Waals surface area (Å²) in [5.74, 6) is -0.708. The van der Waals surface area contributed by atoms with E-state index in [2.05, 4.69) is 15.3 Å². The van der Waals surface area contributed by atoms with E-state index in [1.54, 1.807) is 18.2 Å². The van der Waals surface area contributed by atoms with Crippen molar-refractivity contribution in [1.29, 1.82) is 0 Å². The Bertz CT molecular complexity index is 1240. The number of aromatic amines is 1. The Labute approximate surface area is 204 Å². The van der Waals surface area contributed by atoms with Gasteiger partial charge < -0.3 is 19.9 Å². The Morgan fingerprint density at radius 2 is 2.03 bits per heavy atom. The number of benzene rings is 2. The molecule has 35 heavy (non-hydrogen) atoms. The lowest BCUT2D eigenvalue weighted by Gasteiger charge is -2.25. The van der Waals surface area contributed by atoms with Crippen molar-refractivity contribution in [2.24, 2.45) is 0 Å². The van der Waals surface area contributed by atoms with Crippen LogP contribution in [0.1, 0.15) is 53.5 Å². The Morgan fingerprint density at radius 3 is 2.77 bits per heavy atom. The number of halogens is 4. The zero-order chi connectivity index (χ0) is 25.2. The molecule has 0 unspecified atom stereocenters. The second kappa shape index (κ2) is 10.2. The number of aromatic nitrogens is 2. The van der Waals surface area contributed by atoms with Crippen LogP contribution in [-0.2, 0) is 15.7 Å². The molecule has 1 aliphatic rings. The second-order valence-electron chi connectivity index (χ2n) is 8.35.